The Morgan fingerprint density at radius 2 is 2.00 bits per heavy atom. The Morgan fingerprint density at radius 1 is 1.33 bits per heavy atom. The number of hydrogen-bond acceptors (Lipinski definition) is 3. The maximum Gasteiger partial charge on any atom is 0.421 e. The van der Waals surface area contributed by atoms with Gasteiger partial charge in [0, 0.05) is 15.9 Å². The summed E-state index contributed by atoms with van der Waals surface area (Å²) < 4.78 is 7.25. The van der Waals surface area contributed by atoms with Crippen molar-refractivity contribution in [2.24, 2.45) is 0 Å². The Hall–Kier alpha value is -1.49. The van der Waals surface area contributed by atoms with Crippen molar-refractivity contribution in [2.45, 2.75) is 26.4 Å². The maximum absolute atomic E-state index is 12.0. The molecule has 1 heterocycles. The fourth-order valence-electron chi connectivity index (χ4n) is 1.66. The summed E-state index contributed by atoms with van der Waals surface area (Å²) in [6.45, 7) is 5.34. The Kier molecular flexibility index (Phi) is 3.11. The molecular weight excluding hydrogens is 298 g/mol. The number of rotatable bonds is 0. The molecule has 0 spiro atoms. The summed E-state index contributed by atoms with van der Waals surface area (Å²) in [6.07, 6.45) is -0.590. The van der Waals surface area contributed by atoms with Crippen molar-refractivity contribution >= 4 is 32.9 Å². The summed E-state index contributed by atoms with van der Waals surface area (Å²) in [5.41, 5.74) is 0.00249. The SMILES string of the molecule is CC(C)(C)OC(=O)n1c(O)cc2ccc(Br)cc21. The van der Waals surface area contributed by atoms with Gasteiger partial charge in [-0.3, -0.25) is 0 Å². The Morgan fingerprint density at radius 3 is 2.61 bits per heavy atom. The number of benzene rings is 1. The molecule has 0 aliphatic carbocycles. The van der Waals surface area contributed by atoms with E-state index in [0.29, 0.717) is 5.52 Å². The molecule has 0 aliphatic rings. The van der Waals surface area contributed by atoms with Crippen LogP contribution in [-0.4, -0.2) is 21.4 Å². The Labute approximate surface area is 113 Å². The van der Waals surface area contributed by atoms with Gasteiger partial charge in [0.2, 0.25) is 5.88 Å². The van der Waals surface area contributed by atoms with Crippen LogP contribution in [0.3, 0.4) is 0 Å². The fraction of sp³-hybridized carbons (Fsp3) is 0.308. The molecule has 5 heteroatoms. The Balaban J connectivity index is 2.53. The van der Waals surface area contributed by atoms with Gasteiger partial charge in [-0.2, -0.15) is 0 Å². The average molecular weight is 312 g/mol. The molecule has 0 fully saturated rings. The fourth-order valence-corrected chi connectivity index (χ4v) is 2.01. The zero-order valence-electron chi connectivity index (χ0n) is 10.4. The van der Waals surface area contributed by atoms with Crippen LogP contribution in [-0.2, 0) is 4.74 Å². The first kappa shape index (κ1) is 13.0. The normalized spacial score (nSPS) is 11.8. The van der Waals surface area contributed by atoms with Gasteiger partial charge >= 0.3 is 6.09 Å². The number of hydrogen-bond donors (Lipinski definition) is 1. The van der Waals surface area contributed by atoms with E-state index < -0.39 is 11.7 Å². The zero-order chi connectivity index (χ0) is 13.5. The molecule has 1 aromatic heterocycles. The number of ether oxygens (including phenoxy) is 1. The average Bonchev–Trinajstić information content (AvgIpc) is 2.50. The van der Waals surface area contributed by atoms with Gasteiger partial charge in [-0.15, -0.1) is 0 Å². The molecular formula is C13H14BrNO3. The van der Waals surface area contributed by atoms with Gasteiger partial charge in [-0.1, -0.05) is 22.0 Å². The second-order valence-electron chi connectivity index (χ2n) is 5.02. The van der Waals surface area contributed by atoms with Gasteiger partial charge in [-0.25, -0.2) is 9.36 Å². The molecule has 96 valence electrons. The molecule has 2 rings (SSSR count). The third-order valence-corrected chi connectivity index (χ3v) is 2.82. The molecule has 1 N–H and O–H groups in total. The lowest BCUT2D eigenvalue weighted by Crippen LogP contribution is -2.26. The predicted molar refractivity (Wildman–Crippen MR) is 72.9 cm³/mol. The van der Waals surface area contributed by atoms with Crippen LogP contribution in [0.4, 0.5) is 4.79 Å². The molecule has 0 amide bonds. The van der Waals surface area contributed by atoms with Crippen molar-refractivity contribution in [1.82, 2.24) is 4.57 Å². The van der Waals surface area contributed by atoms with Crippen molar-refractivity contribution in [3.63, 3.8) is 0 Å². The minimum atomic E-state index is -0.605. The number of aromatic nitrogens is 1. The highest BCUT2D eigenvalue weighted by Gasteiger charge is 2.21. The summed E-state index contributed by atoms with van der Waals surface area (Å²) in [6, 6.07) is 6.96. The highest BCUT2D eigenvalue weighted by molar-refractivity contribution is 9.10. The molecule has 0 saturated carbocycles. The largest absolute Gasteiger partial charge is 0.494 e. The van der Waals surface area contributed by atoms with E-state index in [0.717, 1.165) is 14.4 Å². The van der Waals surface area contributed by atoms with Crippen molar-refractivity contribution in [3.8, 4) is 5.88 Å². The third kappa shape index (κ3) is 2.51. The number of carbonyl (C=O) groups excluding carboxylic acids is 1. The number of fused-ring (bicyclic) bond motifs is 1. The van der Waals surface area contributed by atoms with Crippen LogP contribution in [0.5, 0.6) is 5.88 Å². The van der Waals surface area contributed by atoms with Gasteiger partial charge in [0.05, 0.1) is 5.52 Å². The van der Waals surface area contributed by atoms with Gasteiger partial charge in [-0.05, 0) is 32.9 Å². The second-order valence-corrected chi connectivity index (χ2v) is 5.94. The van der Waals surface area contributed by atoms with Crippen LogP contribution >= 0.6 is 15.9 Å². The number of aromatic hydroxyl groups is 1. The van der Waals surface area contributed by atoms with Crippen LogP contribution in [0, 0.1) is 0 Å². The minimum absolute atomic E-state index is 0.127. The van der Waals surface area contributed by atoms with Crippen LogP contribution in [0.15, 0.2) is 28.7 Å². The van der Waals surface area contributed by atoms with Crippen molar-refractivity contribution in [3.05, 3.63) is 28.7 Å². The third-order valence-electron chi connectivity index (χ3n) is 2.32. The second kappa shape index (κ2) is 4.31. The highest BCUT2D eigenvalue weighted by Crippen LogP contribution is 2.28. The molecule has 0 bridgehead atoms. The summed E-state index contributed by atoms with van der Waals surface area (Å²) in [5, 5.41) is 10.6. The molecule has 18 heavy (non-hydrogen) atoms. The number of carbonyl (C=O) groups is 1. The van der Waals surface area contributed by atoms with E-state index in [2.05, 4.69) is 15.9 Å². The lowest BCUT2D eigenvalue weighted by molar-refractivity contribution is 0.0533. The lowest BCUT2D eigenvalue weighted by Gasteiger charge is -2.20. The van der Waals surface area contributed by atoms with Gasteiger partial charge in [0.15, 0.2) is 0 Å². The van der Waals surface area contributed by atoms with Gasteiger partial charge < -0.3 is 9.84 Å². The van der Waals surface area contributed by atoms with E-state index in [4.69, 9.17) is 4.74 Å². The Bertz CT molecular complexity index is 610. The molecule has 0 radical (unpaired) electrons. The quantitative estimate of drug-likeness (QED) is 0.803. The van der Waals surface area contributed by atoms with Crippen molar-refractivity contribution < 1.29 is 14.6 Å². The van der Waals surface area contributed by atoms with Crippen molar-refractivity contribution in [1.29, 1.82) is 0 Å². The van der Waals surface area contributed by atoms with E-state index in [1.165, 1.54) is 6.07 Å². The summed E-state index contributed by atoms with van der Waals surface area (Å²) >= 11 is 3.34. The van der Waals surface area contributed by atoms with Crippen LogP contribution in [0.25, 0.3) is 10.9 Å². The number of nitrogens with zero attached hydrogens (tertiary/aromatic N) is 1. The molecule has 0 saturated heterocycles. The lowest BCUT2D eigenvalue weighted by atomic mass is 10.2. The summed E-state index contributed by atoms with van der Waals surface area (Å²) in [5.74, 6) is -0.127. The van der Waals surface area contributed by atoms with E-state index in [1.807, 2.05) is 12.1 Å². The van der Waals surface area contributed by atoms with Crippen LogP contribution in [0.2, 0.25) is 0 Å². The van der Waals surface area contributed by atoms with E-state index in [1.54, 1.807) is 26.8 Å². The smallest absolute Gasteiger partial charge is 0.421 e. The first-order valence-electron chi connectivity index (χ1n) is 5.51. The maximum atomic E-state index is 12.0. The van der Waals surface area contributed by atoms with E-state index >= 15 is 0 Å². The number of halogens is 1. The van der Waals surface area contributed by atoms with Gasteiger partial charge in [0.25, 0.3) is 0 Å². The van der Waals surface area contributed by atoms with Crippen LogP contribution in [0.1, 0.15) is 20.8 Å². The molecule has 0 unspecified atom stereocenters. The summed E-state index contributed by atoms with van der Waals surface area (Å²) in [4.78, 5) is 12.0. The summed E-state index contributed by atoms with van der Waals surface area (Å²) in [7, 11) is 0. The van der Waals surface area contributed by atoms with Crippen LogP contribution < -0.4 is 0 Å². The van der Waals surface area contributed by atoms with E-state index in [9.17, 15) is 9.90 Å². The topological polar surface area (TPSA) is 51.5 Å². The molecule has 2 aromatic rings. The van der Waals surface area contributed by atoms with Crippen molar-refractivity contribution in [2.75, 3.05) is 0 Å². The van der Waals surface area contributed by atoms with Gasteiger partial charge in [0.1, 0.15) is 5.60 Å². The first-order chi connectivity index (χ1) is 8.28. The highest BCUT2D eigenvalue weighted by atomic mass is 79.9. The first-order valence-corrected chi connectivity index (χ1v) is 6.30. The molecule has 1 aromatic carbocycles. The monoisotopic (exact) mass is 311 g/mol. The minimum Gasteiger partial charge on any atom is -0.494 e. The standard InChI is InChI=1S/C13H14BrNO3/c1-13(2,3)18-12(17)15-10-7-9(14)5-4-8(10)6-11(15)16/h4-7,16H,1-3H3. The molecule has 4 nitrogen and oxygen atoms in total. The van der Waals surface area contributed by atoms with E-state index in [-0.39, 0.29) is 5.88 Å². The zero-order valence-corrected chi connectivity index (χ0v) is 12.0. The predicted octanol–water partition coefficient (Wildman–Crippen LogP) is 3.89. The molecule has 0 aliphatic heterocycles. The molecule has 0 atom stereocenters.